The van der Waals surface area contributed by atoms with Gasteiger partial charge in [-0.15, -0.1) is 0 Å². The summed E-state index contributed by atoms with van der Waals surface area (Å²) < 4.78 is 12.1. The molecule has 0 spiro atoms. The molecular weight excluding hydrogens is 388 g/mol. The molecule has 2 heterocycles. The second-order valence-corrected chi connectivity index (χ2v) is 8.54. The molecule has 0 amide bonds. The lowest BCUT2D eigenvalue weighted by Gasteiger charge is -2.34. The van der Waals surface area contributed by atoms with E-state index in [9.17, 15) is 0 Å². The molecule has 2 fully saturated rings. The zero-order valence-corrected chi connectivity index (χ0v) is 18.1. The van der Waals surface area contributed by atoms with E-state index in [-0.39, 0.29) is 0 Å². The van der Waals surface area contributed by atoms with E-state index in [2.05, 4.69) is 51.4 Å². The average Bonchev–Trinajstić information content (AvgIpc) is 3.48. The van der Waals surface area contributed by atoms with Gasteiger partial charge in [0.15, 0.2) is 5.76 Å². The van der Waals surface area contributed by atoms with Gasteiger partial charge >= 0.3 is 0 Å². The highest BCUT2D eigenvalue weighted by Gasteiger charge is 2.17. The number of ether oxygens (including phenoxy) is 1. The Morgan fingerprint density at radius 1 is 1.00 bits per heavy atom. The van der Waals surface area contributed by atoms with E-state index in [1.807, 2.05) is 24.3 Å². The van der Waals surface area contributed by atoms with Crippen molar-refractivity contribution in [3.05, 3.63) is 54.7 Å². The Bertz CT molecular complexity index is 987. The molecule has 0 bridgehead atoms. The Morgan fingerprint density at radius 3 is 2.55 bits per heavy atom. The highest BCUT2D eigenvalue weighted by Crippen LogP contribution is 2.30. The van der Waals surface area contributed by atoms with Gasteiger partial charge in [-0.1, -0.05) is 12.1 Å². The summed E-state index contributed by atoms with van der Waals surface area (Å²) in [7, 11) is 2.17. The fourth-order valence-corrected chi connectivity index (χ4v) is 4.33. The molecule has 2 aromatic carbocycles. The zero-order chi connectivity index (χ0) is 21.0. The second kappa shape index (κ2) is 9.02. The summed E-state index contributed by atoms with van der Waals surface area (Å²) in [5.74, 6) is 1.63. The lowest BCUT2D eigenvalue weighted by atomic mass is 10.2. The van der Waals surface area contributed by atoms with E-state index in [1.165, 1.54) is 18.5 Å². The third-order valence-corrected chi connectivity index (χ3v) is 6.22. The summed E-state index contributed by atoms with van der Waals surface area (Å²) in [6.07, 6.45) is 6.92. The van der Waals surface area contributed by atoms with E-state index in [0.29, 0.717) is 12.1 Å². The smallest absolute Gasteiger partial charge is 0.299 e. The molecule has 5 rings (SSSR count). The predicted octanol–water partition coefficient (Wildman–Crippen LogP) is 5.16. The Kier molecular flexibility index (Phi) is 5.80. The fraction of sp³-hybridized carbons (Fsp3) is 0.400. The number of hydrogen-bond acceptors (Lipinski definition) is 6. The zero-order valence-electron chi connectivity index (χ0n) is 18.1. The van der Waals surface area contributed by atoms with Crippen LogP contribution in [0.3, 0.4) is 0 Å². The first-order chi connectivity index (χ1) is 15.2. The maximum Gasteiger partial charge on any atom is 0.299 e. The third kappa shape index (κ3) is 4.85. The Labute approximate surface area is 183 Å². The minimum absolute atomic E-state index is 0.344. The molecule has 6 nitrogen and oxygen atoms in total. The second-order valence-electron chi connectivity index (χ2n) is 8.54. The Balaban J connectivity index is 1.23. The first-order valence-electron chi connectivity index (χ1n) is 11.3. The van der Waals surface area contributed by atoms with Crippen LogP contribution in [0, 0.1) is 0 Å². The summed E-state index contributed by atoms with van der Waals surface area (Å²) >= 11 is 0. The van der Waals surface area contributed by atoms with Gasteiger partial charge in [0.05, 0.1) is 12.3 Å². The number of nitrogens with one attached hydrogen (secondary N) is 1. The van der Waals surface area contributed by atoms with Crippen LogP contribution >= 0.6 is 0 Å². The molecule has 1 saturated carbocycles. The molecule has 1 saturated heterocycles. The summed E-state index contributed by atoms with van der Waals surface area (Å²) in [6, 6.07) is 17.0. The van der Waals surface area contributed by atoms with Crippen molar-refractivity contribution >= 4 is 17.4 Å². The van der Waals surface area contributed by atoms with Gasteiger partial charge in [0.2, 0.25) is 0 Å². The molecule has 162 valence electrons. The molecule has 1 aliphatic heterocycles. The first kappa shape index (κ1) is 19.9. The van der Waals surface area contributed by atoms with E-state index >= 15 is 0 Å². The molecular formula is C25H30N4O2. The van der Waals surface area contributed by atoms with Crippen molar-refractivity contribution in [3.63, 3.8) is 0 Å². The van der Waals surface area contributed by atoms with Crippen molar-refractivity contribution in [2.24, 2.45) is 0 Å². The van der Waals surface area contributed by atoms with Crippen LogP contribution in [0.25, 0.3) is 11.3 Å². The molecule has 0 atom stereocenters. The lowest BCUT2D eigenvalue weighted by molar-refractivity contribution is 0.210. The number of rotatable bonds is 6. The molecule has 1 aromatic heterocycles. The van der Waals surface area contributed by atoms with Crippen LogP contribution in [0.15, 0.2) is 59.1 Å². The minimum Gasteiger partial charge on any atom is -0.490 e. The van der Waals surface area contributed by atoms with Gasteiger partial charge in [0, 0.05) is 43.1 Å². The number of anilines is 3. The molecule has 1 aliphatic carbocycles. The molecule has 31 heavy (non-hydrogen) atoms. The fourth-order valence-electron chi connectivity index (χ4n) is 4.33. The monoisotopic (exact) mass is 418 g/mol. The highest BCUT2D eigenvalue weighted by atomic mass is 16.5. The topological polar surface area (TPSA) is 53.8 Å². The van der Waals surface area contributed by atoms with E-state index in [4.69, 9.17) is 9.15 Å². The summed E-state index contributed by atoms with van der Waals surface area (Å²) in [6.45, 7) is 4.34. The summed E-state index contributed by atoms with van der Waals surface area (Å²) in [5.41, 5.74) is 3.19. The van der Waals surface area contributed by atoms with Crippen LogP contribution in [-0.2, 0) is 0 Å². The van der Waals surface area contributed by atoms with Crippen LogP contribution in [0.5, 0.6) is 5.75 Å². The maximum absolute atomic E-state index is 6.12. The summed E-state index contributed by atoms with van der Waals surface area (Å²) in [5, 5.41) is 3.27. The van der Waals surface area contributed by atoms with Crippen molar-refractivity contribution in [1.29, 1.82) is 0 Å². The van der Waals surface area contributed by atoms with Crippen LogP contribution < -0.4 is 15.0 Å². The number of oxazole rings is 1. The minimum atomic E-state index is 0.344. The van der Waals surface area contributed by atoms with E-state index in [0.717, 1.165) is 61.8 Å². The van der Waals surface area contributed by atoms with Crippen LogP contribution in [0.4, 0.5) is 17.4 Å². The van der Waals surface area contributed by atoms with Gasteiger partial charge in [-0.05, 0) is 69.1 Å². The van der Waals surface area contributed by atoms with Crippen LogP contribution in [0.1, 0.15) is 25.7 Å². The van der Waals surface area contributed by atoms with Gasteiger partial charge in [0.25, 0.3) is 6.01 Å². The lowest BCUT2D eigenvalue weighted by Crippen LogP contribution is -2.44. The predicted molar refractivity (Wildman–Crippen MR) is 124 cm³/mol. The van der Waals surface area contributed by atoms with E-state index < -0.39 is 0 Å². The Hall–Kier alpha value is -2.99. The molecule has 3 aromatic rings. The third-order valence-electron chi connectivity index (χ3n) is 6.22. The largest absolute Gasteiger partial charge is 0.490 e. The first-order valence-corrected chi connectivity index (χ1v) is 11.3. The number of aromatic nitrogens is 1. The number of piperazine rings is 1. The maximum atomic E-state index is 6.12. The van der Waals surface area contributed by atoms with Crippen molar-refractivity contribution < 1.29 is 9.15 Å². The number of hydrogen-bond donors (Lipinski definition) is 1. The van der Waals surface area contributed by atoms with Crippen LogP contribution in [0.2, 0.25) is 0 Å². The molecule has 2 aliphatic rings. The van der Waals surface area contributed by atoms with Gasteiger partial charge in [-0.3, -0.25) is 0 Å². The summed E-state index contributed by atoms with van der Waals surface area (Å²) in [4.78, 5) is 9.20. The van der Waals surface area contributed by atoms with Crippen molar-refractivity contribution in [2.45, 2.75) is 31.8 Å². The van der Waals surface area contributed by atoms with Gasteiger partial charge in [0.1, 0.15) is 5.75 Å². The van der Waals surface area contributed by atoms with Crippen molar-refractivity contribution in [2.75, 3.05) is 43.4 Å². The number of benzene rings is 2. The van der Waals surface area contributed by atoms with Gasteiger partial charge in [-0.25, -0.2) is 4.98 Å². The molecule has 0 unspecified atom stereocenters. The van der Waals surface area contributed by atoms with Crippen molar-refractivity contribution in [1.82, 2.24) is 9.88 Å². The van der Waals surface area contributed by atoms with E-state index in [1.54, 1.807) is 6.20 Å². The number of likely N-dealkylation sites (N-methyl/N-ethyl adjacent to an activating group) is 1. The molecule has 1 N–H and O–H groups in total. The van der Waals surface area contributed by atoms with Crippen molar-refractivity contribution in [3.8, 4) is 17.1 Å². The molecule has 0 radical (unpaired) electrons. The molecule has 6 heteroatoms. The standard InChI is InChI=1S/C25H30N4O2/c1-28-13-15-29(16-14-28)21-11-9-20(10-12-21)27-25-26-18-24(31-25)19-5-4-8-23(17-19)30-22-6-2-3-7-22/h4-5,8-12,17-18,22H,2-3,6-7,13-16H2,1H3,(H,26,27). The quantitative estimate of drug-likeness (QED) is 0.597. The van der Waals surface area contributed by atoms with Gasteiger partial charge in [-0.2, -0.15) is 0 Å². The highest BCUT2D eigenvalue weighted by molar-refractivity contribution is 5.62. The number of nitrogens with zero attached hydrogens (tertiary/aromatic N) is 3. The SMILES string of the molecule is CN1CCN(c2ccc(Nc3ncc(-c4cccc(OC5CCCC5)c4)o3)cc2)CC1. The average molecular weight is 419 g/mol. The normalized spacial score (nSPS) is 17.8. The Morgan fingerprint density at radius 2 is 1.77 bits per heavy atom. The van der Waals surface area contributed by atoms with Gasteiger partial charge < -0.3 is 24.3 Å². The van der Waals surface area contributed by atoms with Crippen LogP contribution in [-0.4, -0.2) is 49.2 Å².